The van der Waals surface area contributed by atoms with Gasteiger partial charge in [0.05, 0.1) is 0 Å². The summed E-state index contributed by atoms with van der Waals surface area (Å²) >= 11 is 0. The molecule has 0 saturated carbocycles. The standard InChI is InChI=1S/C15H19FN2O4/c1-8(2)12(14(20)17-9(3)15(21)22)18-13(19)10-4-6-11(16)7-5-10/h4-9,12H,1-3H3,(H,17,20)(H,18,19)(H,21,22). The molecule has 0 saturated heterocycles. The van der Waals surface area contributed by atoms with Crippen LogP contribution in [-0.4, -0.2) is 35.0 Å². The molecule has 0 aliphatic carbocycles. The zero-order valence-corrected chi connectivity index (χ0v) is 12.6. The lowest BCUT2D eigenvalue weighted by atomic mass is 10.0. The van der Waals surface area contributed by atoms with Crippen LogP contribution in [0.25, 0.3) is 0 Å². The summed E-state index contributed by atoms with van der Waals surface area (Å²) in [5, 5.41) is 13.6. The zero-order chi connectivity index (χ0) is 16.9. The van der Waals surface area contributed by atoms with Gasteiger partial charge >= 0.3 is 5.97 Å². The number of aliphatic carboxylic acids is 1. The first-order valence-electron chi connectivity index (χ1n) is 6.82. The SMILES string of the molecule is CC(NC(=O)C(NC(=O)c1ccc(F)cc1)C(C)C)C(=O)O. The third-order valence-electron chi connectivity index (χ3n) is 3.07. The van der Waals surface area contributed by atoms with Gasteiger partial charge < -0.3 is 15.7 Å². The van der Waals surface area contributed by atoms with Crippen molar-refractivity contribution in [2.75, 3.05) is 0 Å². The van der Waals surface area contributed by atoms with E-state index in [-0.39, 0.29) is 11.5 Å². The number of hydrogen-bond donors (Lipinski definition) is 3. The molecule has 0 aliphatic rings. The first-order chi connectivity index (χ1) is 10.2. The van der Waals surface area contributed by atoms with Crippen molar-refractivity contribution in [1.29, 1.82) is 0 Å². The van der Waals surface area contributed by atoms with Crippen LogP contribution in [0.5, 0.6) is 0 Å². The summed E-state index contributed by atoms with van der Waals surface area (Å²) in [7, 11) is 0. The Hall–Kier alpha value is -2.44. The highest BCUT2D eigenvalue weighted by atomic mass is 19.1. The number of halogens is 1. The normalized spacial score (nSPS) is 13.3. The van der Waals surface area contributed by atoms with Gasteiger partial charge in [-0.3, -0.25) is 14.4 Å². The molecule has 0 spiro atoms. The molecule has 0 heterocycles. The molecule has 0 bridgehead atoms. The van der Waals surface area contributed by atoms with E-state index in [1.807, 2.05) is 0 Å². The van der Waals surface area contributed by atoms with Crippen molar-refractivity contribution < 1.29 is 23.9 Å². The summed E-state index contributed by atoms with van der Waals surface area (Å²) in [4.78, 5) is 34.9. The molecule has 7 heteroatoms. The zero-order valence-electron chi connectivity index (χ0n) is 12.6. The number of carbonyl (C=O) groups is 3. The van der Waals surface area contributed by atoms with Crippen molar-refractivity contribution in [3.05, 3.63) is 35.6 Å². The van der Waals surface area contributed by atoms with Crippen LogP contribution in [0.15, 0.2) is 24.3 Å². The molecule has 1 aromatic carbocycles. The minimum absolute atomic E-state index is 0.214. The predicted molar refractivity (Wildman–Crippen MR) is 77.7 cm³/mol. The number of nitrogens with one attached hydrogen (secondary N) is 2. The summed E-state index contributed by atoms with van der Waals surface area (Å²) in [5.74, 6) is -2.99. The molecular weight excluding hydrogens is 291 g/mol. The molecule has 3 N–H and O–H groups in total. The van der Waals surface area contributed by atoms with Crippen molar-refractivity contribution >= 4 is 17.8 Å². The van der Waals surface area contributed by atoms with Crippen LogP contribution >= 0.6 is 0 Å². The average Bonchev–Trinajstić information content (AvgIpc) is 2.44. The molecule has 2 atom stereocenters. The van der Waals surface area contributed by atoms with Crippen molar-refractivity contribution in [2.45, 2.75) is 32.9 Å². The Labute approximate surface area is 127 Å². The van der Waals surface area contributed by atoms with Gasteiger partial charge in [0, 0.05) is 5.56 Å². The van der Waals surface area contributed by atoms with Crippen molar-refractivity contribution in [1.82, 2.24) is 10.6 Å². The summed E-state index contributed by atoms with van der Waals surface area (Å²) in [6.45, 7) is 4.78. The van der Waals surface area contributed by atoms with Crippen LogP contribution in [0.3, 0.4) is 0 Å². The Bertz CT molecular complexity index is 557. The number of amides is 2. The fourth-order valence-electron chi connectivity index (χ4n) is 1.73. The highest BCUT2D eigenvalue weighted by Crippen LogP contribution is 2.07. The Morgan fingerprint density at radius 2 is 1.59 bits per heavy atom. The second-order valence-corrected chi connectivity index (χ2v) is 5.27. The van der Waals surface area contributed by atoms with Crippen LogP contribution in [0.4, 0.5) is 4.39 Å². The number of hydrogen-bond acceptors (Lipinski definition) is 3. The van der Waals surface area contributed by atoms with E-state index in [0.717, 1.165) is 12.1 Å². The van der Waals surface area contributed by atoms with E-state index in [2.05, 4.69) is 10.6 Å². The molecule has 6 nitrogen and oxygen atoms in total. The van der Waals surface area contributed by atoms with Gasteiger partial charge in [0.15, 0.2) is 0 Å². The summed E-state index contributed by atoms with van der Waals surface area (Å²) in [6.07, 6.45) is 0. The van der Waals surface area contributed by atoms with E-state index in [9.17, 15) is 18.8 Å². The van der Waals surface area contributed by atoms with E-state index in [0.29, 0.717) is 0 Å². The third kappa shape index (κ3) is 4.83. The maximum absolute atomic E-state index is 12.8. The first kappa shape index (κ1) is 17.6. The minimum atomic E-state index is -1.17. The van der Waals surface area contributed by atoms with E-state index >= 15 is 0 Å². The largest absolute Gasteiger partial charge is 0.480 e. The lowest BCUT2D eigenvalue weighted by Gasteiger charge is -2.23. The van der Waals surface area contributed by atoms with Gasteiger partial charge in [0.25, 0.3) is 5.91 Å². The van der Waals surface area contributed by atoms with Crippen LogP contribution in [-0.2, 0) is 9.59 Å². The van der Waals surface area contributed by atoms with Gasteiger partial charge in [0.1, 0.15) is 17.9 Å². The van der Waals surface area contributed by atoms with Crippen LogP contribution in [0.1, 0.15) is 31.1 Å². The number of carboxylic acids is 1. The van der Waals surface area contributed by atoms with Crippen LogP contribution in [0.2, 0.25) is 0 Å². The smallest absolute Gasteiger partial charge is 0.325 e. The molecule has 1 rings (SSSR count). The molecule has 22 heavy (non-hydrogen) atoms. The molecule has 0 fully saturated rings. The lowest BCUT2D eigenvalue weighted by Crippen LogP contribution is -2.53. The van der Waals surface area contributed by atoms with Gasteiger partial charge in [-0.05, 0) is 37.1 Å². The minimum Gasteiger partial charge on any atom is -0.480 e. The summed E-state index contributed by atoms with van der Waals surface area (Å²) < 4.78 is 12.8. The van der Waals surface area contributed by atoms with Gasteiger partial charge in [-0.1, -0.05) is 13.8 Å². The fraction of sp³-hybridized carbons (Fsp3) is 0.400. The number of carboxylic acid groups (broad SMARTS) is 1. The lowest BCUT2D eigenvalue weighted by molar-refractivity contribution is -0.141. The van der Waals surface area contributed by atoms with Crippen molar-refractivity contribution in [3.8, 4) is 0 Å². The second-order valence-electron chi connectivity index (χ2n) is 5.27. The van der Waals surface area contributed by atoms with E-state index in [1.54, 1.807) is 13.8 Å². The molecule has 1 aromatic rings. The van der Waals surface area contributed by atoms with Gasteiger partial charge in [0.2, 0.25) is 5.91 Å². The highest BCUT2D eigenvalue weighted by Gasteiger charge is 2.27. The van der Waals surface area contributed by atoms with E-state index < -0.39 is 35.7 Å². The predicted octanol–water partition coefficient (Wildman–Crippen LogP) is 1.17. The molecule has 120 valence electrons. The maximum atomic E-state index is 12.8. The number of benzene rings is 1. The quantitative estimate of drug-likeness (QED) is 0.735. The highest BCUT2D eigenvalue weighted by molar-refractivity contribution is 5.98. The third-order valence-corrected chi connectivity index (χ3v) is 3.07. The molecule has 0 aromatic heterocycles. The maximum Gasteiger partial charge on any atom is 0.325 e. The Balaban J connectivity index is 2.79. The van der Waals surface area contributed by atoms with Gasteiger partial charge in [-0.2, -0.15) is 0 Å². The first-order valence-corrected chi connectivity index (χ1v) is 6.82. The molecule has 0 aliphatic heterocycles. The van der Waals surface area contributed by atoms with E-state index in [4.69, 9.17) is 5.11 Å². The van der Waals surface area contributed by atoms with Crippen molar-refractivity contribution in [3.63, 3.8) is 0 Å². The monoisotopic (exact) mass is 310 g/mol. The Morgan fingerprint density at radius 3 is 2.05 bits per heavy atom. The number of rotatable bonds is 6. The molecule has 2 amide bonds. The summed E-state index contributed by atoms with van der Waals surface area (Å²) in [6, 6.07) is 2.95. The van der Waals surface area contributed by atoms with E-state index in [1.165, 1.54) is 19.1 Å². The fourth-order valence-corrected chi connectivity index (χ4v) is 1.73. The second kappa shape index (κ2) is 7.53. The topological polar surface area (TPSA) is 95.5 Å². The Kier molecular flexibility index (Phi) is 6.03. The van der Waals surface area contributed by atoms with Gasteiger partial charge in [-0.15, -0.1) is 0 Å². The average molecular weight is 310 g/mol. The number of carbonyl (C=O) groups excluding carboxylic acids is 2. The van der Waals surface area contributed by atoms with Crippen LogP contribution in [0, 0.1) is 11.7 Å². The molecule has 0 radical (unpaired) electrons. The molecule has 2 unspecified atom stereocenters. The van der Waals surface area contributed by atoms with Crippen molar-refractivity contribution in [2.24, 2.45) is 5.92 Å². The Morgan fingerprint density at radius 1 is 1.05 bits per heavy atom. The van der Waals surface area contributed by atoms with Crippen LogP contribution < -0.4 is 10.6 Å². The van der Waals surface area contributed by atoms with Gasteiger partial charge in [-0.25, -0.2) is 4.39 Å². The summed E-state index contributed by atoms with van der Waals surface area (Å²) in [5.41, 5.74) is 0.214. The molecular formula is C15H19FN2O4.